The lowest BCUT2D eigenvalue weighted by Gasteiger charge is -2.14. The lowest BCUT2D eigenvalue weighted by atomic mass is 10.2. The first-order valence-corrected chi connectivity index (χ1v) is 10.7. The number of alkyl halides is 3. The predicted octanol–water partition coefficient (Wildman–Crippen LogP) is 5.40. The first-order chi connectivity index (χ1) is 17.1. The number of benzene rings is 2. The number of nitrogens with zero attached hydrogens (tertiary/aromatic N) is 5. The molecule has 10 nitrogen and oxygen atoms in total. The number of halogens is 4. The highest BCUT2D eigenvalue weighted by molar-refractivity contribution is 7.17. The number of hydrogen-bond acceptors (Lipinski definition) is 10. The third-order valence-corrected chi connectivity index (χ3v) is 5.52. The Morgan fingerprint density at radius 2 is 1.83 bits per heavy atom. The first-order valence-electron chi connectivity index (χ1n) is 9.89. The summed E-state index contributed by atoms with van der Waals surface area (Å²) in [6, 6.07) is 9.86. The molecule has 1 N–H and O–H groups in total. The molecule has 0 aliphatic rings. The second-order valence-corrected chi connectivity index (χ2v) is 7.97. The molecule has 0 aliphatic heterocycles. The molecule has 0 atom stereocenters. The Hall–Kier alpha value is -4.40. The maximum atomic E-state index is 14.0. The average Bonchev–Trinajstić information content (AvgIpc) is 3.34. The molecule has 0 saturated heterocycles. The van der Waals surface area contributed by atoms with Crippen molar-refractivity contribution in [3.8, 4) is 32.8 Å². The van der Waals surface area contributed by atoms with Crippen LogP contribution in [0.4, 0.5) is 34.9 Å². The van der Waals surface area contributed by atoms with Crippen LogP contribution in [0.3, 0.4) is 0 Å². The van der Waals surface area contributed by atoms with Crippen molar-refractivity contribution in [1.29, 1.82) is 0 Å². The van der Waals surface area contributed by atoms with Gasteiger partial charge in [0.2, 0.25) is 11.8 Å². The van der Waals surface area contributed by atoms with Crippen molar-refractivity contribution in [2.24, 2.45) is 0 Å². The normalized spacial score (nSPS) is 11.2. The molecular formula is C21H14F4N6O4S. The van der Waals surface area contributed by atoms with E-state index >= 15 is 0 Å². The number of ether oxygens (including phenoxy) is 2. The number of hydrogen-bond donors (Lipinski definition) is 1. The van der Waals surface area contributed by atoms with Crippen LogP contribution >= 0.6 is 11.3 Å². The monoisotopic (exact) mass is 522 g/mol. The summed E-state index contributed by atoms with van der Waals surface area (Å²) >= 11 is 1.22. The van der Waals surface area contributed by atoms with E-state index in [1.54, 1.807) is 31.4 Å². The third kappa shape index (κ3) is 5.80. The van der Waals surface area contributed by atoms with Crippen LogP contribution in [-0.4, -0.2) is 45.0 Å². The molecule has 0 fully saturated rings. The molecule has 2 heterocycles. The minimum absolute atomic E-state index is 0.147. The van der Waals surface area contributed by atoms with Gasteiger partial charge in [-0.25, -0.2) is 9.97 Å². The zero-order valence-electron chi connectivity index (χ0n) is 18.1. The number of nitro benzene ring substituents is 1. The molecule has 2 aromatic carbocycles. The quantitative estimate of drug-likeness (QED) is 0.184. The summed E-state index contributed by atoms with van der Waals surface area (Å²) in [7, 11) is 1.55. The van der Waals surface area contributed by atoms with Crippen LogP contribution in [0.2, 0.25) is 0 Å². The lowest BCUT2D eigenvalue weighted by molar-refractivity contribution is -0.387. The molecule has 0 spiro atoms. The van der Waals surface area contributed by atoms with Crippen LogP contribution in [0.15, 0.2) is 48.7 Å². The number of nitro groups is 1. The van der Waals surface area contributed by atoms with Gasteiger partial charge in [-0.15, -0.1) is 10.2 Å². The Labute approximate surface area is 203 Å². The van der Waals surface area contributed by atoms with E-state index in [9.17, 15) is 27.7 Å². The molecule has 0 amide bonds. The van der Waals surface area contributed by atoms with Crippen molar-refractivity contribution in [2.45, 2.75) is 6.18 Å². The van der Waals surface area contributed by atoms with E-state index in [0.29, 0.717) is 33.6 Å². The second kappa shape index (κ2) is 10.1. The molecule has 4 aromatic rings. The van der Waals surface area contributed by atoms with Gasteiger partial charge in [0, 0.05) is 23.9 Å². The largest absolute Gasteiger partial charge is 0.497 e. The molecule has 36 heavy (non-hydrogen) atoms. The van der Waals surface area contributed by atoms with Gasteiger partial charge in [-0.2, -0.15) is 17.6 Å². The first kappa shape index (κ1) is 24.7. The molecule has 2 aromatic heterocycles. The summed E-state index contributed by atoms with van der Waals surface area (Å²) < 4.78 is 61.7. The van der Waals surface area contributed by atoms with Gasteiger partial charge in [0.1, 0.15) is 22.2 Å². The molecule has 0 radical (unpaired) electrons. The Morgan fingerprint density at radius 1 is 1.11 bits per heavy atom. The summed E-state index contributed by atoms with van der Waals surface area (Å²) in [5.74, 6) is -1.44. The van der Waals surface area contributed by atoms with E-state index in [-0.39, 0.29) is 11.6 Å². The van der Waals surface area contributed by atoms with Crippen molar-refractivity contribution < 1.29 is 32.0 Å². The van der Waals surface area contributed by atoms with Gasteiger partial charge in [0.15, 0.2) is 11.6 Å². The van der Waals surface area contributed by atoms with Gasteiger partial charge in [0.05, 0.1) is 17.7 Å². The number of methoxy groups -OCH3 is 1. The van der Waals surface area contributed by atoms with Crippen molar-refractivity contribution in [1.82, 2.24) is 20.2 Å². The van der Waals surface area contributed by atoms with Gasteiger partial charge in [-0.3, -0.25) is 10.1 Å². The van der Waals surface area contributed by atoms with Gasteiger partial charge in [-0.1, -0.05) is 11.3 Å². The zero-order valence-corrected chi connectivity index (χ0v) is 18.9. The van der Waals surface area contributed by atoms with E-state index in [0.717, 1.165) is 5.56 Å². The molecule has 186 valence electrons. The van der Waals surface area contributed by atoms with Crippen LogP contribution in [-0.2, 0) is 0 Å². The van der Waals surface area contributed by atoms with E-state index < -0.39 is 35.0 Å². The van der Waals surface area contributed by atoms with Crippen molar-refractivity contribution in [3.05, 3.63) is 64.6 Å². The number of rotatable bonds is 8. The molecule has 4 rings (SSSR count). The van der Waals surface area contributed by atoms with Crippen LogP contribution in [0.5, 0.6) is 11.5 Å². The molecule has 15 heteroatoms. The number of anilines is 2. The topological polar surface area (TPSA) is 125 Å². The SMILES string of the molecule is COc1ccc(-c2nnc(-c3ccnc(Nc4cc([N+](=O)[O-])c(F)cc4OCC(F)(F)F)n3)s2)cc1. The van der Waals surface area contributed by atoms with Gasteiger partial charge in [-0.05, 0) is 30.3 Å². The average molecular weight is 522 g/mol. The maximum absolute atomic E-state index is 14.0. The summed E-state index contributed by atoms with van der Waals surface area (Å²) in [5, 5.41) is 22.9. The fourth-order valence-electron chi connectivity index (χ4n) is 2.90. The van der Waals surface area contributed by atoms with E-state index in [4.69, 9.17) is 4.74 Å². The van der Waals surface area contributed by atoms with Gasteiger partial charge >= 0.3 is 11.9 Å². The third-order valence-electron chi connectivity index (χ3n) is 4.52. The summed E-state index contributed by atoms with van der Waals surface area (Å²) in [4.78, 5) is 18.3. The second-order valence-electron chi connectivity index (χ2n) is 6.99. The molecule has 0 aliphatic carbocycles. The van der Waals surface area contributed by atoms with Crippen LogP contribution in [0.1, 0.15) is 0 Å². The Kier molecular flexibility index (Phi) is 6.91. The lowest BCUT2D eigenvalue weighted by Crippen LogP contribution is -2.19. The highest BCUT2D eigenvalue weighted by atomic mass is 32.1. The smallest absolute Gasteiger partial charge is 0.422 e. The van der Waals surface area contributed by atoms with Crippen LogP contribution in [0, 0.1) is 15.9 Å². The molecule has 0 unspecified atom stereocenters. The fourth-order valence-corrected chi connectivity index (χ4v) is 3.71. The minimum Gasteiger partial charge on any atom is -0.497 e. The summed E-state index contributed by atoms with van der Waals surface area (Å²) in [6.07, 6.45) is -3.38. The fraction of sp³-hybridized carbons (Fsp3) is 0.143. The molecule has 0 bridgehead atoms. The van der Waals surface area contributed by atoms with Crippen LogP contribution in [0.25, 0.3) is 21.3 Å². The highest BCUT2D eigenvalue weighted by Crippen LogP contribution is 2.35. The Morgan fingerprint density at radius 3 is 2.50 bits per heavy atom. The highest BCUT2D eigenvalue weighted by Gasteiger charge is 2.30. The predicted molar refractivity (Wildman–Crippen MR) is 121 cm³/mol. The van der Waals surface area contributed by atoms with Gasteiger partial charge in [0.25, 0.3) is 0 Å². The summed E-state index contributed by atoms with van der Waals surface area (Å²) in [5.41, 5.74) is -0.196. The molecule has 0 saturated carbocycles. The Bertz CT molecular complexity index is 1400. The van der Waals surface area contributed by atoms with E-state index in [2.05, 4.69) is 30.2 Å². The summed E-state index contributed by atoms with van der Waals surface area (Å²) in [6.45, 7) is -1.74. The Balaban J connectivity index is 1.62. The van der Waals surface area contributed by atoms with Crippen molar-refractivity contribution in [3.63, 3.8) is 0 Å². The van der Waals surface area contributed by atoms with Crippen molar-refractivity contribution >= 4 is 28.7 Å². The minimum atomic E-state index is -4.72. The standard InChI is InChI=1S/C21H14F4N6O4S/c1-34-12-4-2-11(3-5-12)18-29-30-19(36-18)14-6-7-26-20(27-14)28-15-9-16(31(32)33)13(22)8-17(15)35-10-21(23,24)25/h2-9H,10H2,1H3,(H,26,27,28). The number of nitrogens with one attached hydrogen (secondary N) is 1. The number of aromatic nitrogens is 4. The van der Waals surface area contributed by atoms with Crippen LogP contribution < -0.4 is 14.8 Å². The maximum Gasteiger partial charge on any atom is 0.422 e. The van der Waals surface area contributed by atoms with E-state index in [1.807, 2.05) is 0 Å². The van der Waals surface area contributed by atoms with Crippen molar-refractivity contribution in [2.75, 3.05) is 19.0 Å². The van der Waals surface area contributed by atoms with E-state index in [1.165, 1.54) is 23.6 Å². The molecular weight excluding hydrogens is 508 g/mol. The van der Waals surface area contributed by atoms with Gasteiger partial charge < -0.3 is 14.8 Å². The zero-order chi connectivity index (χ0) is 25.9.